The molecule has 1 amide bonds. The number of carbonyl (C=O) groups is 1. The van der Waals surface area contributed by atoms with Gasteiger partial charge in [-0.25, -0.2) is 4.98 Å². The van der Waals surface area contributed by atoms with Gasteiger partial charge in [-0.05, 0) is 38.1 Å². The Kier molecular flexibility index (Phi) is 4.52. The van der Waals surface area contributed by atoms with Gasteiger partial charge in [-0.15, -0.1) is 11.3 Å². The molecule has 1 aromatic carbocycles. The minimum atomic E-state index is -0.0656. The Morgan fingerprint density at radius 3 is 2.68 bits per heavy atom. The van der Waals surface area contributed by atoms with Crippen molar-refractivity contribution in [2.24, 2.45) is 0 Å². The highest BCUT2D eigenvalue weighted by Crippen LogP contribution is 2.15. The molecule has 1 heterocycles. The summed E-state index contributed by atoms with van der Waals surface area (Å²) in [7, 11) is 0. The SMILES string of the molecule is CCNC(=O)c1ccc(OCc2csc(C)n2)cc1. The number of hydrogen-bond acceptors (Lipinski definition) is 4. The number of rotatable bonds is 5. The number of benzene rings is 1. The van der Waals surface area contributed by atoms with Crippen LogP contribution in [0.3, 0.4) is 0 Å². The molecule has 0 unspecified atom stereocenters. The number of nitrogens with one attached hydrogen (secondary N) is 1. The number of ether oxygens (including phenoxy) is 1. The molecule has 0 radical (unpaired) electrons. The number of nitrogens with zero attached hydrogens (tertiary/aromatic N) is 1. The lowest BCUT2D eigenvalue weighted by molar-refractivity contribution is 0.0956. The summed E-state index contributed by atoms with van der Waals surface area (Å²) >= 11 is 1.61. The topological polar surface area (TPSA) is 51.2 Å². The van der Waals surface area contributed by atoms with Crippen molar-refractivity contribution in [1.29, 1.82) is 0 Å². The molecule has 0 atom stereocenters. The molecule has 0 aliphatic heterocycles. The zero-order chi connectivity index (χ0) is 13.7. The molecule has 2 aromatic rings. The van der Waals surface area contributed by atoms with Crippen molar-refractivity contribution in [3.63, 3.8) is 0 Å². The molecule has 0 fully saturated rings. The third-order valence-corrected chi connectivity index (χ3v) is 3.33. The Hall–Kier alpha value is -1.88. The van der Waals surface area contributed by atoms with Crippen LogP contribution < -0.4 is 10.1 Å². The molecule has 100 valence electrons. The highest BCUT2D eigenvalue weighted by molar-refractivity contribution is 7.09. The molecule has 1 aromatic heterocycles. The monoisotopic (exact) mass is 276 g/mol. The highest BCUT2D eigenvalue weighted by atomic mass is 32.1. The fourth-order valence-corrected chi connectivity index (χ4v) is 2.19. The van der Waals surface area contributed by atoms with Crippen molar-refractivity contribution in [2.45, 2.75) is 20.5 Å². The van der Waals surface area contributed by atoms with Gasteiger partial charge >= 0.3 is 0 Å². The molecule has 0 spiro atoms. The molecular weight excluding hydrogens is 260 g/mol. The molecule has 2 rings (SSSR count). The van der Waals surface area contributed by atoms with Crippen LogP contribution in [0.4, 0.5) is 0 Å². The van der Waals surface area contributed by atoms with Gasteiger partial charge in [0.1, 0.15) is 12.4 Å². The van der Waals surface area contributed by atoms with E-state index in [0.29, 0.717) is 18.7 Å². The number of amides is 1. The van der Waals surface area contributed by atoms with E-state index in [2.05, 4.69) is 10.3 Å². The van der Waals surface area contributed by atoms with Crippen LogP contribution in [0.5, 0.6) is 5.75 Å². The lowest BCUT2D eigenvalue weighted by atomic mass is 10.2. The summed E-state index contributed by atoms with van der Waals surface area (Å²) in [5, 5.41) is 5.77. The van der Waals surface area contributed by atoms with E-state index < -0.39 is 0 Å². The molecule has 0 aliphatic rings. The van der Waals surface area contributed by atoms with Crippen LogP contribution in [0.2, 0.25) is 0 Å². The predicted molar refractivity (Wildman–Crippen MR) is 75.6 cm³/mol. The summed E-state index contributed by atoms with van der Waals surface area (Å²) in [5.41, 5.74) is 1.56. The summed E-state index contributed by atoms with van der Waals surface area (Å²) in [6.45, 7) is 4.94. The predicted octanol–water partition coefficient (Wildman–Crippen LogP) is 2.78. The summed E-state index contributed by atoms with van der Waals surface area (Å²) in [5.74, 6) is 0.669. The Morgan fingerprint density at radius 2 is 2.11 bits per heavy atom. The van der Waals surface area contributed by atoms with Gasteiger partial charge in [-0.2, -0.15) is 0 Å². The van der Waals surface area contributed by atoms with Gasteiger partial charge in [0.05, 0.1) is 10.7 Å². The maximum absolute atomic E-state index is 11.6. The van der Waals surface area contributed by atoms with Crippen molar-refractivity contribution < 1.29 is 9.53 Å². The van der Waals surface area contributed by atoms with Crippen molar-refractivity contribution >= 4 is 17.2 Å². The lowest BCUT2D eigenvalue weighted by Gasteiger charge is -2.06. The molecule has 0 saturated carbocycles. The number of aromatic nitrogens is 1. The van der Waals surface area contributed by atoms with Crippen molar-refractivity contribution in [3.05, 3.63) is 45.9 Å². The van der Waals surface area contributed by atoms with E-state index in [0.717, 1.165) is 16.5 Å². The zero-order valence-electron chi connectivity index (χ0n) is 11.0. The van der Waals surface area contributed by atoms with Gasteiger partial charge < -0.3 is 10.1 Å². The van der Waals surface area contributed by atoms with E-state index in [4.69, 9.17) is 4.74 Å². The van der Waals surface area contributed by atoms with E-state index in [9.17, 15) is 4.79 Å². The molecule has 5 heteroatoms. The molecule has 1 N–H and O–H groups in total. The lowest BCUT2D eigenvalue weighted by Crippen LogP contribution is -2.22. The van der Waals surface area contributed by atoms with Crippen LogP contribution in [-0.4, -0.2) is 17.4 Å². The van der Waals surface area contributed by atoms with E-state index in [1.807, 2.05) is 19.2 Å². The largest absolute Gasteiger partial charge is 0.487 e. The van der Waals surface area contributed by atoms with Gasteiger partial charge in [0.25, 0.3) is 5.91 Å². The molecule has 0 bridgehead atoms. The average molecular weight is 276 g/mol. The van der Waals surface area contributed by atoms with Gasteiger partial charge in [0.2, 0.25) is 0 Å². The van der Waals surface area contributed by atoms with Crippen LogP contribution in [0.15, 0.2) is 29.6 Å². The van der Waals surface area contributed by atoms with Crippen LogP contribution >= 0.6 is 11.3 Å². The quantitative estimate of drug-likeness (QED) is 0.913. The molecule has 0 aliphatic carbocycles. The smallest absolute Gasteiger partial charge is 0.251 e. The number of hydrogen-bond donors (Lipinski definition) is 1. The van der Waals surface area contributed by atoms with Crippen LogP contribution in [0, 0.1) is 6.92 Å². The second kappa shape index (κ2) is 6.33. The maximum Gasteiger partial charge on any atom is 0.251 e. The minimum Gasteiger partial charge on any atom is -0.487 e. The van der Waals surface area contributed by atoms with Gasteiger partial charge in [-0.3, -0.25) is 4.79 Å². The van der Waals surface area contributed by atoms with Crippen LogP contribution in [0.1, 0.15) is 28.0 Å². The van der Waals surface area contributed by atoms with E-state index in [1.165, 1.54) is 0 Å². The second-order valence-corrected chi connectivity index (χ2v) is 5.09. The standard InChI is InChI=1S/C14H16N2O2S/c1-3-15-14(17)11-4-6-13(7-5-11)18-8-12-9-19-10(2)16-12/h4-7,9H,3,8H2,1-2H3,(H,15,17). The average Bonchev–Trinajstić information content (AvgIpc) is 2.83. The fraction of sp³-hybridized carbons (Fsp3) is 0.286. The van der Waals surface area contributed by atoms with Gasteiger partial charge in [-0.1, -0.05) is 0 Å². The third-order valence-electron chi connectivity index (χ3n) is 2.51. The highest BCUT2D eigenvalue weighted by Gasteiger charge is 2.04. The second-order valence-electron chi connectivity index (χ2n) is 4.03. The Balaban J connectivity index is 1.93. The summed E-state index contributed by atoms with van der Waals surface area (Å²) in [6.07, 6.45) is 0. The Morgan fingerprint density at radius 1 is 1.37 bits per heavy atom. The van der Waals surface area contributed by atoms with Crippen molar-refractivity contribution in [2.75, 3.05) is 6.54 Å². The maximum atomic E-state index is 11.6. The summed E-state index contributed by atoms with van der Waals surface area (Å²) < 4.78 is 5.61. The number of aryl methyl sites for hydroxylation is 1. The van der Waals surface area contributed by atoms with Gasteiger partial charge in [0.15, 0.2) is 0 Å². The van der Waals surface area contributed by atoms with Crippen molar-refractivity contribution in [3.8, 4) is 5.75 Å². The Labute approximate surface area is 116 Å². The zero-order valence-corrected chi connectivity index (χ0v) is 11.8. The first-order valence-corrected chi connectivity index (χ1v) is 6.99. The molecular formula is C14H16N2O2S. The first kappa shape index (κ1) is 13.5. The Bertz CT molecular complexity index is 549. The number of thiazole rings is 1. The molecule has 19 heavy (non-hydrogen) atoms. The number of carbonyl (C=O) groups excluding carboxylic acids is 1. The molecule has 0 saturated heterocycles. The molecule has 4 nitrogen and oxygen atoms in total. The third kappa shape index (κ3) is 3.79. The van der Waals surface area contributed by atoms with Crippen molar-refractivity contribution in [1.82, 2.24) is 10.3 Å². The van der Waals surface area contributed by atoms with E-state index >= 15 is 0 Å². The first-order chi connectivity index (χ1) is 9.19. The fourth-order valence-electron chi connectivity index (χ4n) is 1.60. The summed E-state index contributed by atoms with van der Waals surface area (Å²) in [4.78, 5) is 15.9. The minimum absolute atomic E-state index is 0.0656. The van der Waals surface area contributed by atoms with E-state index in [1.54, 1.807) is 35.6 Å². The summed E-state index contributed by atoms with van der Waals surface area (Å²) in [6, 6.07) is 7.10. The van der Waals surface area contributed by atoms with Crippen LogP contribution in [-0.2, 0) is 6.61 Å². The van der Waals surface area contributed by atoms with Gasteiger partial charge in [0, 0.05) is 17.5 Å². The van der Waals surface area contributed by atoms with E-state index in [-0.39, 0.29) is 5.91 Å². The normalized spacial score (nSPS) is 10.2. The van der Waals surface area contributed by atoms with Crippen LogP contribution in [0.25, 0.3) is 0 Å². The first-order valence-electron chi connectivity index (χ1n) is 6.11.